The van der Waals surface area contributed by atoms with Crippen LogP contribution in [0.15, 0.2) is 30.5 Å². The third-order valence-corrected chi connectivity index (χ3v) is 5.50. The fourth-order valence-corrected chi connectivity index (χ4v) is 3.49. The van der Waals surface area contributed by atoms with Gasteiger partial charge in [-0.2, -0.15) is 0 Å². The van der Waals surface area contributed by atoms with Crippen molar-refractivity contribution in [3.8, 4) is 0 Å². The number of hydrogen-bond donors (Lipinski definition) is 1. The van der Waals surface area contributed by atoms with Crippen molar-refractivity contribution in [3.05, 3.63) is 47.2 Å². The first-order valence-corrected chi connectivity index (χ1v) is 8.64. The maximum absolute atomic E-state index is 14.2. The zero-order valence-corrected chi connectivity index (χ0v) is 15.2. The molecular formula is C20H31FN2. The molecule has 0 heterocycles. The molecule has 23 heavy (non-hydrogen) atoms. The van der Waals surface area contributed by atoms with Crippen molar-refractivity contribution in [1.82, 2.24) is 4.90 Å². The zero-order chi connectivity index (χ0) is 17.4. The van der Waals surface area contributed by atoms with Gasteiger partial charge in [0.05, 0.1) is 6.04 Å². The van der Waals surface area contributed by atoms with Gasteiger partial charge in [-0.15, -0.1) is 0 Å². The molecule has 2 N–H and O–H groups in total. The Morgan fingerprint density at radius 2 is 1.96 bits per heavy atom. The minimum Gasteiger partial charge on any atom is -0.371 e. The molecule has 0 bridgehead atoms. The highest BCUT2D eigenvalue weighted by molar-refractivity contribution is 5.39. The minimum absolute atomic E-state index is 0.129. The molecule has 2 rings (SSSR count). The van der Waals surface area contributed by atoms with Gasteiger partial charge in [-0.25, -0.2) is 4.39 Å². The normalized spacial score (nSPS) is 24.0. The molecule has 0 saturated heterocycles. The summed E-state index contributed by atoms with van der Waals surface area (Å²) in [5.74, 6) is 0.246. The number of nitrogens with zero attached hydrogens (tertiary/aromatic N) is 1. The second-order valence-corrected chi connectivity index (χ2v) is 7.43. The summed E-state index contributed by atoms with van der Waals surface area (Å²) in [6.45, 7) is 12.4. The third-order valence-electron chi connectivity index (χ3n) is 5.50. The Bertz CT molecular complexity index is 579. The lowest BCUT2D eigenvalue weighted by molar-refractivity contribution is 0.205. The molecule has 0 fully saturated rings. The van der Waals surface area contributed by atoms with Crippen LogP contribution in [0, 0.1) is 5.92 Å². The summed E-state index contributed by atoms with van der Waals surface area (Å²) in [6, 6.07) is 6.71. The van der Waals surface area contributed by atoms with Crippen LogP contribution in [0.1, 0.15) is 56.8 Å². The van der Waals surface area contributed by atoms with E-state index in [0.29, 0.717) is 12.8 Å². The molecule has 4 atom stereocenters. The van der Waals surface area contributed by atoms with Gasteiger partial charge in [0, 0.05) is 37.5 Å². The first-order chi connectivity index (χ1) is 10.7. The molecule has 128 valence electrons. The van der Waals surface area contributed by atoms with E-state index in [9.17, 15) is 4.39 Å². The van der Waals surface area contributed by atoms with Gasteiger partial charge in [-0.1, -0.05) is 38.6 Å². The van der Waals surface area contributed by atoms with Gasteiger partial charge in [0.25, 0.3) is 0 Å². The van der Waals surface area contributed by atoms with Crippen LogP contribution in [-0.4, -0.2) is 23.7 Å². The van der Waals surface area contributed by atoms with E-state index < -0.39 is 5.67 Å². The summed E-state index contributed by atoms with van der Waals surface area (Å²) in [7, 11) is 2.07. The summed E-state index contributed by atoms with van der Waals surface area (Å²) < 4.78 is 14.2. The molecule has 2 nitrogen and oxygen atoms in total. The molecule has 0 spiro atoms. The summed E-state index contributed by atoms with van der Waals surface area (Å²) >= 11 is 0. The van der Waals surface area contributed by atoms with Crippen LogP contribution in [-0.2, 0) is 12.8 Å². The first-order valence-electron chi connectivity index (χ1n) is 8.64. The Balaban J connectivity index is 2.15. The number of nitrogens with two attached hydrogens (primary N) is 1. The molecule has 0 aromatic heterocycles. The molecular weight excluding hydrogens is 287 g/mol. The molecule has 4 unspecified atom stereocenters. The number of rotatable bonds is 6. The van der Waals surface area contributed by atoms with Gasteiger partial charge < -0.3 is 10.6 Å². The molecule has 1 aliphatic rings. The molecule has 1 aliphatic carbocycles. The van der Waals surface area contributed by atoms with Gasteiger partial charge in [-0.3, -0.25) is 0 Å². The van der Waals surface area contributed by atoms with Gasteiger partial charge in [0.1, 0.15) is 5.67 Å². The average molecular weight is 318 g/mol. The molecule has 3 heteroatoms. The van der Waals surface area contributed by atoms with Crippen LogP contribution in [0.3, 0.4) is 0 Å². The number of halogens is 1. The quantitative estimate of drug-likeness (QED) is 0.842. The fraction of sp³-hybridized carbons (Fsp3) is 0.600. The largest absolute Gasteiger partial charge is 0.371 e. The van der Waals surface area contributed by atoms with Crippen molar-refractivity contribution in [2.45, 2.75) is 64.7 Å². The van der Waals surface area contributed by atoms with Crippen molar-refractivity contribution in [2.24, 2.45) is 11.7 Å². The topological polar surface area (TPSA) is 29.3 Å². The summed E-state index contributed by atoms with van der Waals surface area (Å²) in [5, 5.41) is 0. The van der Waals surface area contributed by atoms with Crippen LogP contribution in [0.2, 0.25) is 0 Å². The van der Waals surface area contributed by atoms with E-state index in [1.807, 2.05) is 0 Å². The SMILES string of the molecule is C=C(C(C)C(N)CC)N(C)C(C)c1ccc2c(c1)CC(C)(F)C2. The maximum Gasteiger partial charge on any atom is 0.116 e. The van der Waals surface area contributed by atoms with E-state index in [2.05, 4.69) is 57.5 Å². The van der Waals surface area contributed by atoms with E-state index in [1.165, 1.54) is 5.56 Å². The predicted octanol–water partition coefficient (Wildman–Crippen LogP) is 4.39. The van der Waals surface area contributed by atoms with Crippen LogP contribution in [0.5, 0.6) is 0 Å². The number of fused-ring (bicyclic) bond motifs is 1. The molecule has 1 aromatic rings. The minimum atomic E-state index is -1.10. The average Bonchev–Trinajstić information content (AvgIpc) is 2.83. The Kier molecular flexibility index (Phi) is 5.20. The van der Waals surface area contributed by atoms with E-state index in [1.54, 1.807) is 6.92 Å². The summed E-state index contributed by atoms with van der Waals surface area (Å²) in [5.41, 5.74) is 9.64. The maximum atomic E-state index is 14.2. The molecule has 0 radical (unpaired) electrons. The second kappa shape index (κ2) is 6.64. The third kappa shape index (κ3) is 3.77. The van der Waals surface area contributed by atoms with E-state index in [0.717, 1.165) is 23.2 Å². The van der Waals surface area contributed by atoms with Crippen molar-refractivity contribution < 1.29 is 4.39 Å². The predicted molar refractivity (Wildman–Crippen MR) is 96.1 cm³/mol. The van der Waals surface area contributed by atoms with E-state index >= 15 is 0 Å². The van der Waals surface area contributed by atoms with Gasteiger partial charge in [0.2, 0.25) is 0 Å². The first kappa shape index (κ1) is 18.0. The highest BCUT2D eigenvalue weighted by atomic mass is 19.1. The smallest absolute Gasteiger partial charge is 0.116 e. The summed E-state index contributed by atoms with van der Waals surface area (Å²) in [4.78, 5) is 2.20. The van der Waals surface area contributed by atoms with Crippen molar-refractivity contribution in [3.63, 3.8) is 0 Å². The molecule has 0 aliphatic heterocycles. The van der Waals surface area contributed by atoms with Crippen LogP contribution in [0.4, 0.5) is 4.39 Å². The van der Waals surface area contributed by atoms with Crippen molar-refractivity contribution in [1.29, 1.82) is 0 Å². The van der Waals surface area contributed by atoms with Crippen molar-refractivity contribution >= 4 is 0 Å². The zero-order valence-electron chi connectivity index (χ0n) is 15.2. The van der Waals surface area contributed by atoms with Gasteiger partial charge >= 0.3 is 0 Å². The van der Waals surface area contributed by atoms with Gasteiger partial charge in [0.15, 0.2) is 0 Å². The Labute approximate surface area is 140 Å². The van der Waals surface area contributed by atoms with E-state index in [4.69, 9.17) is 5.73 Å². The number of benzene rings is 1. The van der Waals surface area contributed by atoms with Crippen LogP contribution >= 0.6 is 0 Å². The van der Waals surface area contributed by atoms with Crippen molar-refractivity contribution in [2.75, 3.05) is 7.05 Å². The van der Waals surface area contributed by atoms with Crippen LogP contribution in [0.25, 0.3) is 0 Å². The highest BCUT2D eigenvalue weighted by Crippen LogP contribution is 2.35. The standard InChI is InChI=1S/C20H31FN2/c1-7-19(22)13(2)14(3)23(6)15(4)16-8-9-17-11-20(5,21)12-18(17)10-16/h8-10,13,15,19H,3,7,11-12,22H2,1-2,4-6H3. The lowest BCUT2D eigenvalue weighted by Crippen LogP contribution is -2.34. The molecule has 0 amide bonds. The van der Waals surface area contributed by atoms with Gasteiger partial charge in [-0.05, 0) is 37.0 Å². The molecule has 0 saturated carbocycles. The highest BCUT2D eigenvalue weighted by Gasteiger charge is 2.33. The van der Waals surface area contributed by atoms with Crippen LogP contribution < -0.4 is 5.73 Å². The summed E-state index contributed by atoms with van der Waals surface area (Å²) in [6.07, 6.45) is 1.99. The number of hydrogen-bond acceptors (Lipinski definition) is 2. The molecule has 1 aromatic carbocycles. The fourth-order valence-electron chi connectivity index (χ4n) is 3.49. The second-order valence-electron chi connectivity index (χ2n) is 7.43. The Morgan fingerprint density at radius 3 is 2.57 bits per heavy atom. The number of alkyl halides is 1. The lowest BCUT2D eigenvalue weighted by Gasteiger charge is -2.34. The Hall–Kier alpha value is -1.35. The Morgan fingerprint density at radius 1 is 1.35 bits per heavy atom. The lowest BCUT2D eigenvalue weighted by atomic mass is 9.94. The van der Waals surface area contributed by atoms with E-state index in [-0.39, 0.29) is 18.0 Å². The monoisotopic (exact) mass is 318 g/mol.